The number of aromatic carboxylic acids is 1. The Morgan fingerprint density at radius 1 is 1.17 bits per heavy atom. The summed E-state index contributed by atoms with van der Waals surface area (Å²) in [5.41, 5.74) is 6.88. The van der Waals surface area contributed by atoms with Gasteiger partial charge in [0.2, 0.25) is 0 Å². The first-order valence-electron chi connectivity index (χ1n) is 13.1. The number of carboxylic acids is 1. The lowest BCUT2D eigenvalue weighted by atomic mass is 9.71. The Hall–Kier alpha value is -3.03. The van der Waals surface area contributed by atoms with Crippen LogP contribution in [0, 0.1) is 36.0 Å². The summed E-state index contributed by atoms with van der Waals surface area (Å²) in [6.45, 7) is 6.55. The Balaban J connectivity index is 1.38. The van der Waals surface area contributed by atoms with Crippen molar-refractivity contribution in [2.75, 3.05) is 6.54 Å². The quantitative estimate of drug-likeness (QED) is 0.412. The Bertz CT molecular complexity index is 1330. The van der Waals surface area contributed by atoms with E-state index < -0.39 is 5.97 Å². The second-order valence-corrected chi connectivity index (χ2v) is 11.3. The Labute approximate surface area is 207 Å². The molecule has 3 aliphatic rings. The fourth-order valence-electron chi connectivity index (χ4n) is 6.11. The van der Waals surface area contributed by atoms with Gasteiger partial charge in [-0.1, -0.05) is 30.9 Å². The van der Waals surface area contributed by atoms with E-state index in [1.807, 2.05) is 18.3 Å². The number of hydrogen-bond acceptors (Lipinski definition) is 2. The summed E-state index contributed by atoms with van der Waals surface area (Å²) >= 11 is 0. The molecule has 6 rings (SSSR count). The first-order valence-corrected chi connectivity index (χ1v) is 13.1. The summed E-state index contributed by atoms with van der Waals surface area (Å²) in [5.74, 6) is 7.58. The molecule has 0 amide bonds. The molecular formula is C31H34N2O2. The van der Waals surface area contributed by atoms with Crippen molar-refractivity contribution >= 4 is 16.9 Å². The highest BCUT2D eigenvalue weighted by Crippen LogP contribution is 2.55. The number of aromatic amines is 1. The molecule has 2 aliphatic carbocycles. The number of piperidine rings is 1. The molecule has 2 saturated carbocycles. The van der Waals surface area contributed by atoms with Gasteiger partial charge in [0, 0.05) is 41.2 Å². The van der Waals surface area contributed by atoms with Crippen molar-refractivity contribution in [3.63, 3.8) is 0 Å². The van der Waals surface area contributed by atoms with Crippen LogP contribution in [0.1, 0.15) is 84.1 Å². The van der Waals surface area contributed by atoms with E-state index in [1.165, 1.54) is 59.7 Å². The van der Waals surface area contributed by atoms with Crippen molar-refractivity contribution < 1.29 is 9.90 Å². The topological polar surface area (TPSA) is 56.3 Å². The van der Waals surface area contributed by atoms with Crippen LogP contribution in [0.5, 0.6) is 0 Å². The van der Waals surface area contributed by atoms with Gasteiger partial charge in [0.1, 0.15) is 0 Å². The molecule has 0 radical (unpaired) electrons. The van der Waals surface area contributed by atoms with E-state index >= 15 is 0 Å². The molecule has 0 spiro atoms. The molecule has 4 nitrogen and oxygen atoms in total. The van der Waals surface area contributed by atoms with Crippen LogP contribution >= 0.6 is 0 Å². The van der Waals surface area contributed by atoms with Gasteiger partial charge < -0.3 is 10.1 Å². The molecule has 0 unspecified atom stereocenters. The maximum atomic E-state index is 11.4. The van der Waals surface area contributed by atoms with E-state index in [2.05, 4.69) is 47.7 Å². The van der Waals surface area contributed by atoms with Crippen LogP contribution in [-0.4, -0.2) is 27.5 Å². The molecule has 35 heavy (non-hydrogen) atoms. The minimum absolute atomic E-state index is 0.275. The summed E-state index contributed by atoms with van der Waals surface area (Å²) in [7, 11) is 0. The van der Waals surface area contributed by atoms with Crippen molar-refractivity contribution in [3.05, 3.63) is 70.4 Å². The van der Waals surface area contributed by atoms with E-state index in [0.29, 0.717) is 16.9 Å². The third kappa shape index (κ3) is 4.39. The Kier molecular flexibility index (Phi) is 5.49. The van der Waals surface area contributed by atoms with Crippen molar-refractivity contribution in [1.29, 1.82) is 0 Å². The average Bonchev–Trinajstić information content (AvgIpc) is 3.79. The van der Waals surface area contributed by atoms with Gasteiger partial charge in [-0.25, -0.2) is 4.79 Å². The molecule has 2 aromatic carbocycles. The number of likely N-dealkylation sites (tertiary alicyclic amines) is 1. The number of benzene rings is 2. The van der Waals surface area contributed by atoms with Crippen LogP contribution in [0.25, 0.3) is 10.9 Å². The molecule has 1 aromatic heterocycles. The van der Waals surface area contributed by atoms with Crippen molar-refractivity contribution in [3.8, 4) is 11.8 Å². The van der Waals surface area contributed by atoms with Gasteiger partial charge in [-0.2, -0.15) is 0 Å². The molecule has 2 heterocycles. The summed E-state index contributed by atoms with van der Waals surface area (Å²) in [4.78, 5) is 17.5. The fraction of sp³-hybridized carbons (Fsp3) is 0.452. The van der Waals surface area contributed by atoms with Gasteiger partial charge in [0.05, 0.1) is 5.56 Å². The minimum atomic E-state index is -0.867. The zero-order chi connectivity index (χ0) is 24.2. The summed E-state index contributed by atoms with van der Waals surface area (Å²) in [5, 5.41) is 10.7. The molecule has 180 valence electrons. The maximum absolute atomic E-state index is 11.4. The number of carboxylic acid groups (broad SMARTS) is 1. The molecule has 1 aliphatic heterocycles. The molecular weight excluding hydrogens is 432 g/mol. The highest BCUT2D eigenvalue weighted by molar-refractivity contribution is 5.88. The van der Waals surface area contributed by atoms with E-state index in [9.17, 15) is 9.90 Å². The third-order valence-electron chi connectivity index (χ3n) is 8.68. The van der Waals surface area contributed by atoms with Gasteiger partial charge in [0.15, 0.2) is 0 Å². The minimum Gasteiger partial charge on any atom is -0.478 e. The van der Waals surface area contributed by atoms with Crippen LogP contribution in [0.3, 0.4) is 0 Å². The monoisotopic (exact) mass is 466 g/mol. The first kappa shape index (κ1) is 22.4. The number of hydrogen-bond donors (Lipinski definition) is 2. The maximum Gasteiger partial charge on any atom is 0.335 e. The smallest absolute Gasteiger partial charge is 0.335 e. The average molecular weight is 467 g/mol. The lowest BCUT2D eigenvalue weighted by molar-refractivity contribution is 0.0396. The Morgan fingerprint density at radius 3 is 2.63 bits per heavy atom. The predicted molar refractivity (Wildman–Crippen MR) is 139 cm³/mol. The van der Waals surface area contributed by atoms with Gasteiger partial charge in [-0.05, 0) is 104 Å². The van der Waals surface area contributed by atoms with Crippen LogP contribution in [0.15, 0.2) is 42.6 Å². The van der Waals surface area contributed by atoms with E-state index in [-0.39, 0.29) is 6.04 Å². The molecule has 3 aromatic rings. The number of aryl methyl sites for hydroxylation is 1. The van der Waals surface area contributed by atoms with Crippen molar-refractivity contribution in [1.82, 2.24) is 9.88 Å². The van der Waals surface area contributed by atoms with Crippen molar-refractivity contribution in [2.45, 2.75) is 65.0 Å². The van der Waals surface area contributed by atoms with Gasteiger partial charge in [-0.3, -0.25) is 4.90 Å². The zero-order valence-electron chi connectivity index (χ0n) is 20.7. The molecule has 2 N–H and O–H groups in total. The summed E-state index contributed by atoms with van der Waals surface area (Å²) in [6, 6.07) is 12.3. The SMILES string of the molecule is Cc1cc(C#CC2CC2)c(CN2CC[C@](C)(C3CC3)C[C@H]2c2ccc(C(=O)O)cc2)c2cc[nH]c12. The summed E-state index contributed by atoms with van der Waals surface area (Å²) < 4.78 is 0. The molecule has 2 atom stereocenters. The van der Waals surface area contributed by atoms with Crippen LogP contribution < -0.4 is 0 Å². The van der Waals surface area contributed by atoms with E-state index in [1.54, 1.807) is 12.1 Å². The number of rotatable bonds is 5. The molecule has 0 bridgehead atoms. The second-order valence-electron chi connectivity index (χ2n) is 11.3. The number of fused-ring (bicyclic) bond motifs is 1. The lowest BCUT2D eigenvalue weighted by Gasteiger charge is -2.46. The van der Waals surface area contributed by atoms with Gasteiger partial charge >= 0.3 is 5.97 Å². The normalized spacial score (nSPS) is 24.8. The lowest BCUT2D eigenvalue weighted by Crippen LogP contribution is -2.42. The third-order valence-corrected chi connectivity index (χ3v) is 8.68. The fourth-order valence-corrected chi connectivity index (χ4v) is 6.11. The number of nitrogens with zero attached hydrogens (tertiary/aromatic N) is 1. The number of aromatic nitrogens is 1. The van der Waals surface area contributed by atoms with Crippen LogP contribution in [0.4, 0.5) is 0 Å². The van der Waals surface area contributed by atoms with Gasteiger partial charge in [-0.15, -0.1) is 0 Å². The standard InChI is InChI=1S/C31H34N2O2/c1-20-17-24(6-5-21-3-4-21)27(26-13-15-32-29(20)26)19-33-16-14-31(2,25-11-12-25)18-28(33)22-7-9-23(10-8-22)30(34)35/h7-10,13,15,17,21,25,28,32H,3-4,11-12,14,16,18-19H2,1-2H3,(H,34,35)/t28-,31-/m0/s1. The first-order chi connectivity index (χ1) is 16.9. The van der Waals surface area contributed by atoms with Crippen LogP contribution in [-0.2, 0) is 6.54 Å². The molecule has 3 fully saturated rings. The second kappa shape index (κ2) is 8.57. The highest BCUT2D eigenvalue weighted by atomic mass is 16.4. The Morgan fingerprint density at radius 2 is 1.94 bits per heavy atom. The zero-order valence-corrected chi connectivity index (χ0v) is 20.7. The molecule has 1 saturated heterocycles. The predicted octanol–water partition coefficient (Wildman–Crippen LogP) is 6.69. The van der Waals surface area contributed by atoms with Crippen LogP contribution in [0.2, 0.25) is 0 Å². The highest BCUT2D eigenvalue weighted by Gasteiger charge is 2.46. The van der Waals surface area contributed by atoms with Crippen molar-refractivity contribution in [2.24, 2.45) is 17.3 Å². The number of carbonyl (C=O) groups is 1. The molecule has 4 heteroatoms. The van der Waals surface area contributed by atoms with E-state index in [4.69, 9.17) is 0 Å². The largest absolute Gasteiger partial charge is 0.478 e. The van der Waals surface area contributed by atoms with E-state index in [0.717, 1.165) is 31.0 Å². The number of H-pyrrole nitrogens is 1. The van der Waals surface area contributed by atoms with Gasteiger partial charge in [0.25, 0.3) is 0 Å². The summed E-state index contributed by atoms with van der Waals surface area (Å²) in [6.07, 6.45) is 9.54. The number of nitrogens with one attached hydrogen (secondary N) is 1.